The Morgan fingerprint density at radius 1 is 1.02 bits per heavy atom. The molecule has 0 spiro atoms. The molecule has 2 aromatic carbocycles. The number of aromatic amines is 1. The minimum atomic E-state index is -3.68. The van der Waals surface area contributed by atoms with Crippen molar-refractivity contribution in [1.82, 2.24) is 29.6 Å². The molecule has 0 aliphatic carbocycles. The van der Waals surface area contributed by atoms with Crippen molar-refractivity contribution in [2.45, 2.75) is 52.2 Å². The molecule has 0 saturated carbocycles. The van der Waals surface area contributed by atoms with Crippen LogP contribution in [0.2, 0.25) is 0 Å². The highest BCUT2D eigenvalue weighted by Gasteiger charge is 2.21. The lowest BCUT2D eigenvalue weighted by atomic mass is 10.1. The number of hydrogen-bond acceptors (Lipinski definition) is 8. The predicted octanol–water partition coefficient (Wildman–Crippen LogP) is 4.20. The van der Waals surface area contributed by atoms with Gasteiger partial charge in [0, 0.05) is 46.6 Å². The molecular formula is C34H39N7O5S. The lowest BCUT2D eigenvalue weighted by Crippen LogP contribution is -2.42. The number of anilines is 1. The van der Waals surface area contributed by atoms with Gasteiger partial charge in [-0.05, 0) is 75.6 Å². The smallest absolute Gasteiger partial charge is 0.277 e. The fourth-order valence-electron chi connectivity index (χ4n) is 5.01. The normalized spacial score (nSPS) is 11.8. The minimum absolute atomic E-state index is 0.238. The summed E-state index contributed by atoms with van der Waals surface area (Å²) in [7, 11) is -3.68. The molecule has 0 bridgehead atoms. The summed E-state index contributed by atoms with van der Waals surface area (Å²) in [5.74, 6) is -0.315. The first kappa shape index (κ1) is 33.4. The van der Waals surface area contributed by atoms with E-state index in [1.165, 1.54) is 16.3 Å². The van der Waals surface area contributed by atoms with Crippen molar-refractivity contribution in [3.63, 3.8) is 0 Å². The molecule has 3 aromatic heterocycles. The summed E-state index contributed by atoms with van der Waals surface area (Å²) in [6.07, 6.45) is 6.55. The SMILES string of the molecule is CC(C)(C)NS(=O)(=O)COc1ccc(-c2ncc(NCCCc3ccccc3)c(=O)n2CC(=O)NCc2cc3cnccc3[nH]2)cc1. The number of sulfonamides is 1. The number of pyridine rings is 1. The van der Waals surface area contributed by atoms with Crippen LogP contribution in [0, 0.1) is 0 Å². The van der Waals surface area contributed by atoms with Crippen LogP contribution < -0.4 is 25.7 Å². The molecule has 0 aliphatic heterocycles. The summed E-state index contributed by atoms with van der Waals surface area (Å²) in [5.41, 5.74) is 2.74. The van der Waals surface area contributed by atoms with Gasteiger partial charge in [-0.2, -0.15) is 0 Å². The van der Waals surface area contributed by atoms with E-state index in [9.17, 15) is 18.0 Å². The first-order valence-electron chi connectivity index (χ1n) is 15.3. The zero-order chi connectivity index (χ0) is 33.4. The summed E-state index contributed by atoms with van der Waals surface area (Å²) < 4.78 is 34.1. The second kappa shape index (κ2) is 14.6. The van der Waals surface area contributed by atoms with E-state index in [1.54, 1.807) is 57.4 Å². The summed E-state index contributed by atoms with van der Waals surface area (Å²) in [4.78, 5) is 38.8. The van der Waals surface area contributed by atoms with E-state index < -0.39 is 21.5 Å². The fourth-order valence-corrected chi connectivity index (χ4v) is 6.30. The Morgan fingerprint density at radius 2 is 1.79 bits per heavy atom. The van der Waals surface area contributed by atoms with Crippen molar-refractivity contribution in [1.29, 1.82) is 0 Å². The molecule has 246 valence electrons. The van der Waals surface area contributed by atoms with Gasteiger partial charge in [0.2, 0.25) is 21.9 Å². The number of ether oxygens (including phenoxy) is 1. The molecule has 0 radical (unpaired) electrons. The predicted molar refractivity (Wildman–Crippen MR) is 182 cm³/mol. The number of carbonyl (C=O) groups excluding carboxylic acids is 1. The molecule has 13 heteroatoms. The number of amides is 1. The molecule has 4 N–H and O–H groups in total. The standard InChI is InChI=1S/C34H39N7O5S/c1-34(2,3)40-47(44,45)23-46-28-13-11-25(12-14-28)32-38-21-30(36-16-7-10-24-8-5-4-6-9-24)33(43)41(32)22-31(42)37-20-27-18-26-19-35-17-15-29(26)39-27/h4-6,8-9,11-15,17-19,21,36,39-40H,7,10,16,20,22-23H2,1-3H3,(H,37,42). The Morgan fingerprint density at radius 3 is 2.51 bits per heavy atom. The van der Waals surface area contributed by atoms with Crippen molar-refractivity contribution in [3.8, 4) is 17.1 Å². The highest BCUT2D eigenvalue weighted by Crippen LogP contribution is 2.22. The van der Waals surface area contributed by atoms with Gasteiger partial charge in [-0.3, -0.25) is 19.1 Å². The second-order valence-electron chi connectivity index (χ2n) is 12.2. The van der Waals surface area contributed by atoms with Crippen LogP contribution in [-0.2, 0) is 34.3 Å². The van der Waals surface area contributed by atoms with E-state index in [0.29, 0.717) is 17.9 Å². The molecule has 3 heterocycles. The van der Waals surface area contributed by atoms with Gasteiger partial charge in [0.1, 0.15) is 23.8 Å². The third kappa shape index (κ3) is 9.50. The number of fused-ring (bicyclic) bond motifs is 1. The number of benzene rings is 2. The molecule has 47 heavy (non-hydrogen) atoms. The summed E-state index contributed by atoms with van der Waals surface area (Å²) >= 11 is 0. The average molecular weight is 658 g/mol. The zero-order valence-corrected chi connectivity index (χ0v) is 27.4. The summed E-state index contributed by atoms with van der Waals surface area (Å²) in [6, 6.07) is 20.4. The molecule has 0 saturated heterocycles. The van der Waals surface area contributed by atoms with Crippen LogP contribution in [0.4, 0.5) is 5.69 Å². The van der Waals surface area contributed by atoms with Crippen LogP contribution in [0.5, 0.6) is 5.75 Å². The quantitative estimate of drug-likeness (QED) is 0.129. The number of H-pyrrole nitrogens is 1. The van der Waals surface area contributed by atoms with Gasteiger partial charge in [-0.15, -0.1) is 0 Å². The molecular weight excluding hydrogens is 618 g/mol. The van der Waals surface area contributed by atoms with Gasteiger partial charge in [0.25, 0.3) is 5.56 Å². The number of aryl methyl sites for hydroxylation is 1. The number of nitrogens with zero attached hydrogens (tertiary/aromatic N) is 3. The molecule has 5 aromatic rings. The maximum atomic E-state index is 13.7. The molecule has 5 rings (SSSR count). The van der Waals surface area contributed by atoms with E-state index in [4.69, 9.17) is 4.74 Å². The molecule has 12 nitrogen and oxygen atoms in total. The van der Waals surface area contributed by atoms with Crippen molar-refractivity contribution >= 4 is 32.5 Å². The Hall–Kier alpha value is -5.01. The van der Waals surface area contributed by atoms with E-state index in [1.807, 2.05) is 30.3 Å². The van der Waals surface area contributed by atoms with Crippen LogP contribution in [0.25, 0.3) is 22.3 Å². The number of carbonyl (C=O) groups is 1. The summed E-state index contributed by atoms with van der Waals surface area (Å²) in [6.45, 7) is 5.76. The van der Waals surface area contributed by atoms with Crippen LogP contribution in [0.3, 0.4) is 0 Å². The lowest BCUT2D eigenvalue weighted by Gasteiger charge is -2.20. The Kier molecular flexibility index (Phi) is 10.4. The van der Waals surface area contributed by atoms with Crippen molar-refractivity contribution in [3.05, 3.63) is 107 Å². The van der Waals surface area contributed by atoms with Crippen LogP contribution in [-0.4, -0.2) is 51.9 Å². The summed E-state index contributed by atoms with van der Waals surface area (Å²) in [5, 5.41) is 6.99. The Bertz CT molecular complexity index is 1950. The fraction of sp³-hybridized carbons (Fsp3) is 0.294. The maximum Gasteiger partial charge on any atom is 0.277 e. The molecule has 0 unspecified atom stereocenters. The van der Waals surface area contributed by atoms with Gasteiger partial charge in [-0.25, -0.2) is 18.1 Å². The Labute approximate surface area is 273 Å². The first-order chi connectivity index (χ1) is 22.5. The number of aromatic nitrogens is 4. The van der Waals surface area contributed by atoms with E-state index in [-0.39, 0.29) is 36.1 Å². The molecule has 1 amide bonds. The number of rotatable bonds is 14. The Balaban J connectivity index is 1.31. The molecule has 0 aliphatic rings. The zero-order valence-electron chi connectivity index (χ0n) is 26.6. The van der Waals surface area contributed by atoms with E-state index in [2.05, 4.69) is 42.4 Å². The van der Waals surface area contributed by atoms with Crippen LogP contribution in [0.15, 0.2) is 90.1 Å². The van der Waals surface area contributed by atoms with Gasteiger partial charge >= 0.3 is 0 Å². The van der Waals surface area contributed by atoms with E-state index >= 15 is 0 Å². The van der Waals surface area contributed by atoms with Crippen molar-refractivity contribution in [2.24, 2.45) is 0 Å². The van der Waals surface area contributed by atoms with Gasteiger partial charge in [-0.1, -0.05) is 30.3 Å². The monoisotopic (exact) mass is 657 g/mol. The van der Waals surface area contributed by atoms with Crippen LogP contribution in [0.1, 0.15) is 38.4 Å². The highest BCUT2D eigenvalue weighted by molar-refractivity contribution is 7.89. The van der Waals surface area contributed by atoms with Gasteiger partial charge in [0.05, 0.1) is 12.7 Å². The van der Waals surface area contributed by atoms with Crippen molar-refractivity contribution in [2.75, 3.05) is 17.8 Å². The maximum absolute atomic E-state index is 13.7. The topological polar surface area (TPSA) is 160 Å². The first-order valence-corrected chi connectivity index (χ1v) is 16.9. The van der Waals surface area contributed by atoms with Crippen molar-refractivity contribution < 1.29 is 17.9 Å². The number of hydrogen-bond donors (Lipinski definition) is 4. The van der Waals surface area contributed by atoms with Gasteiger partial charge in [0.15, 0.2) is 0 Å². The third-order valence-electron chi connectivity index (χ3n) is 7.06. The third-order valence-corrected chi connectivity index (χ3v) is 8.41. The highest BCUT2D eigenvalue weighted by atomic mass is 32.2. The molecule has 0 fully saturated rings. The largest absolute Gasteiger partial charge is 0.476 e. The number of nitrogens with one attached hydrogen (secondary N) is 4. The minimum Gasteiger partial charge on any atom is -0.476 e. The average Bonchev–Trinajstić information content (AvgIpc) is 3.46. The van der Waals surface area contributed by atoms with Crippen LogP contribution >= 0.6 is 0 Å². The second-order valence-corrected chi connectivity index (χ2v) is 13.9. The van der Waals surface area contributed by atoms with Gasteiger partial charge < -0.3 is 20.4 Å². The molecule has 0 atom stereocenters. The van der Waals surface area contributed by atoms with E-state index in [0.717, 1.165) is 29.4 Å². The lowest BCUT2D eigenvalue weighted by molar-refractivity contribution is -0.121.